The molecular weight excluding hydrogens is 811 g/mol. The number of phenols is 2. The van der Waals surface area contributed by atoms with Crippen molar-refractivity contribution in [1.29, 1.82) is 0 Å². The topological polar surface area (TPSA) is 229 Å². The van der Waals surface area contributed by atoms with Crippen LogP contribution >= 0.6 is 0 Å². The van der Waals surface area contributed by atoms with Gasteiger partial charge in [-0.25, -0.2) is 4.79 Å². The summed E-state index contributed by atoms with van der Waals surface area (Å²) < 4.78 is 7.15. The fraction of sp³-hybridized carbons (Fsp3) is 0.467. The van der Waals surface area contributed by atoms with Gasteiger partial charge in [-0.05, 0) is 87.4 Å². The number of allylic oxidation sites excluding steroid dienone is 2. The van der Waals surface area contributed by atoms with Gasteiger partial charge in [0, 0.05) is 68.4 Å². The van der Waals surface area contributed by atoms with E-state index in [9.17, 15) is 39.0 Å². The van der Waals surface area contributed by atoms with E-state index in [2.05, 4.69) is 37.1 Å². The molecule has 2 saturated heterocycles. The zero-order valence-corrected chi connectivity index (χ0v) is 36.1. The smallest absolute Gasteiger partial charge is 0.411 e. The Kier molecular flexibility index (Phi) is 13.6. The first-order valence-corrected chi connectivity index (χ1v) is 21.6. The summed E-state index contributed by atoms with van der Waals surface area (Å²) in [6, 6.07) is 6.86. The Morgan fingerprint density at radius 2 is 1.81 bits per heavy atom. The number of rotatable bonds is 14. The van der Waals surface area contributed by atoms with Gasteiger partial charge in [-0.1, -0.05) is 38.1 Å². The van der Waals surface area contributed by atoms with Crippen molar-refractivity contribution < 1.29 is 43.7 Å². The molecule has 2 unspecified atom stereocenters. The average molecular weight is 866 g/mol. The molecule has 3 aromatic rings. The molecule has 0 bridgehead atoms. The van der Waals surface area contributed by atoms with Gasteiger partial charge < -0.3 is 30.1 Å². The predicted molar refractivity (Wildman–Crippen MR) is 231 cm³/mol. The lowest BCUT2D eigenvalue weighted by atomic mass is 9.94. The highest BCUT2D eigenvalue weighted by molar-refractivity contribution is 6.06. The van der Waals surface area contributed by atoms with Crippen LogP contribution in [0.25, 0.3) is 11.4 Å². The van der Waals surface area contributed by atoms with E-state index < -0.39 is 18.0 Å². The van der Waals surface area contributed by atoms with Crippen molar-refractivity contribution >= 4 is 41.3 Å². The van der Waals surface area contributed by atoms with Crippen LogP contribution in [0.4, 0.5) is 10.5 Å². The molecule has 0 saturated carbocycles. The summed E-state index contributed by atoms with van der Waals surface area (Å²) in [5.74, 6) is -1.42. The number of nitrogens with zero attached hydrogens (tertiary/aromatic N) is 6. The summed E-state index contributed by atoms with van der Waals surface area (Å²) in [5.41, 5.74) is 3.48. The Morgan fingerprint density at radius 3 is 2.51 bits per heavy atom. The Labute approximate surface area is 365 Å². The van der Waals surface area contributed by atoms with E-state index in [0.29, 0.717) is 79.1 Å². The molecule has 18 nitrogen and oxygen atoms in total. The number of fused-ring (bicyclic) bond motifs is 1. The zero-order chi connectivity index (χ0) is 44.9. The second-order valence-electron chi connectivity index (χ2n) is 16.8. The molecule has 334 valence electrons. The molecule has 7 rings (SSSR count). The number of piperidine rings is 2. The van der Waals surface area contributed by atoms with E-state index in [1.165, 1.54) is 11.0 Å². The molecule has 4 aliphatic rings. The lowest BCUT2D eigenvalue weighted by Gasteiger charge is -2.34. The highest BCUT2D eigenvalue weighted by atomic mass is 16.5. The number of phenolic OH excluding ortho intramolecular Hbond substituents is 2. The van der Waals surface area contributed by atoms with Crippen LogP contribution in [-0.4, -0.2) is 128 Å². The van der Waals surface area contributed by atoms with Crippen molar-refractivity contribution in [3.8, 4) is 22.9 Å². The van der Waals surface area contributed by atoms with Gasteiger partial charge in [0.15, 0.2) is 5.82 Å². The minimum atomic E-state index is -0.767. The minimum Gasteiger partial charge on any atom is -0.508 e. The monoisotopic (exact) mass is 865 g/mol. The summed E-state index contributed by atoms with van der Waals surface area (Å²) in [7, 11) is 1.76. The van der Waals surface area contributed by atoms with E-state index in [1.54, 1.807) is 40.8 Å². The molecule has 18 heteroatoms. The SMILES string of the molecule is CCNC(=O)c1nnc(-c2cc(C(C)C)c(O)cc2O)n1C1C=CC(CN2CCC(C(=O)N(C)CCCOC(=O)Nc3cccc4c3CN(C3CCC(=O)NC3=O)C4=O)CC2)=CC1. The fourth-order valence-electron chi connectivity index (χ4n) is 8.71. The molecule has 2 aromatic carbocycles. The lowest BCUT2D eigenvalue weighted by molar-refractivity contribution is -0.137. The number of hydrogen-bond donors (Lipinski definition) is 5. The van der Waals surface area contributed by atoms with Crippen LogP contribution < -0.4 is 16.0 Å². The third kappa shape index (κ3) is 9.75. The van der Waals surface area contributed by atoms with Crippen molar-refractivity contribution in [1.82, 2.24) is 40.1 Å². The van der Waals surface area contributed by atoms with Crippen LogP contribution in [0.15, 0.2) is 54.1 Å². The second kappa shape index (κ2) is 19.2. The summed E-state index contributed by atoms with van der Waals surface area (Å²) >= 11 is 0. The van der Waals surface area contributed by atoms with Gasteiger partial charge in [0.05, 0.1) is 18.2 Å². The number of aromatic hydroxyl groups is 2. The summed E-state index contributed by atoms with van der Waals surface area (Å²) in [6.07, 6.45) is 8.27. The number of benzene rings is 2. The molecule has 2 atom stereocenters. The molecule has 4 heterocycles. The number of imide groups is 1. The predicted octanol–water partition coefficient (Wildman–Crippen LogP) is 4.23. The Bertz CT molecular complexity index is 2350. The first-order valence-electron chi connectivity index (χ1n) is 21.6. The Hall–Kier alpha value is -6.56. The fourth-order valence-corrected chi connectivity index (χ4v) is 8.71. The largest absolute Gasteiger partial charge is 0.508 e. The number of amides is 6. The van der Waals surface area contributed by atoms with Crippen molar-refractivity contribution in [3.05, 3.63) is 76.6 Å². The maximum atomic E-state index is 13.4. The third-order valence-electron chi connectivity index (χ3n) is 12.1. The summed E-state index contributed by atoms with van der Waals surface area (Å²) in [5, 5.41) is 37.7. The molecule has 3 aliphatic heterocycles. The number of anilines is 1. The van der Waals surface area contributed by atoms with Gasteiger partial charge in [0.2, 0.25) is 23.5 Å². The van der Waals surface area contributed by atoms with Crippen LogP contribution in [-0.2, 0) is 25.7 Å². The van der Waals surface area contributed by atoms with E-state index >= 15 is 0 Å². The molecule has 0 radical (unpaired) electrons. The van der Waals surface area contributed by atoms with Crippen LogP contribution in [0.5, 0.6) is 11.5 Å². The standard InChI is InChI=1S/C45H55N9O9/c1-5-46-42(59)40-50-49-39(32-22-31(26(2)3)36(55)23-37(32)56)54(40)29-12-10-27(11-13-29)24-52-19-16-28(17-20-52)43(60)51(4)18-7-21-63-45(62)47-34-9-6-8-30-33(34)25-53(44(30)61)35-14-15-38(57)48-41(35)58/h6,8-12,22-23,26,28-29,35,55-56H,5,7,13-21,24-25H2,1-4H3,(H,46,59)(H,47,62)(H,48,57,58). The van der Waals surface area contributed by atoms with Crippen LogP contribution in [0.1, 0.15) is 103 Å². The van der Waals surface area contributed by atoms with Gasteiger partial charge >= 0.3 is 6.09 Å². The number of aromatic nitrogens is 3. The van der Waals surface area contributed by atoms with Gasteiger partial charge in [-0.15, -0.1) is 10.2 Å². The quantitative estimate of drug-likeness (QED) is 0.113. The van der Waals surface area contributed by atoms with Gasteiger partial charge in [0.25, 0.3) is 11.8 Å². The van der Waals surface area contributed by atoms with Gasteiger partial charge in [-0.3, -0.25) is 44.1 Å². The molecule has 1 aromatic heterocycles. The molecule has 63 heavy (non-hydrogen) atoms. The van der Waals surface area contributed by atoms with Gasteiger partial charge in [-0.2, -0.15) is 0 Å². The number of carbonyl (C=O) groups excluding carboxylic acids is 6. The molecule has 2 fully saturated rings. The van der Waals surface area contributed by atoms with Crippen molar-refractivity contribution in [2.45, 2.75) is 83.8 Å². The van der Waals surface area contributed by atoms with Crippen LogP contribution in [0.2, 0.25) is 0 Å². The molecule has 5 N–H and O–H groups in total. The van der Waals surface area contributed by atoms with Crippen molar-refractivity contribution in [2.24, 2.45) is 5.92 Å². The second-order valence-corrected chi connectivity index (χ2v) is 16.8. The Balaban J connectivity index is 0.859. The first kappa shape index (κ1) is 44.5. The summed E-state index contributed by atoms with van der Waals surface area (Å²) in [6.45, 7) is 8.90. The number of likely N-dealkylation sites (tertiary alicyclic amines) is 1. The van der Waals surface area contributed by atoms with Crippen molar-refractivity contribution in [3.63, 3.8) is 0 Å². The Morgan fingerprint density at radius 1 is 1.03 bits per heavy atom. The lowest BCUT2D eigenvalue weighted by Crippen LogP contribution is -2.52. The highest BCUT2D eigenvalue weighted by Crippen LogP contribution is 2.39. The number of ether oxygens (including phenoxy) is 1. The first-order chi connectivity index (χ1) is 30.2. The molecule has 1 aliphatic carbocycles. The number of carbonyl (C=O) groups is 6. The van der Waals surface area contributed by atoms with E-state index in [4.69, 9.17) is 4.74 Å². The average Bonchev–Trinajstić information content (AvgIpc) is 3.84. The number of hydrogen-bond acceptors (Lipinski definition) is 12. The number of nitrogens with one attached hydrogen (secondary N) is 3. The molecule has 0 spiro atoms. The molecule has 6 amide bonds. The highest BCUT2D eigenvalue weighted by Gasteiger charge is 2.40. The minimum absolute atomic E-state index is 0.0178. The maximum Gasteiger partial charge on any atom is 0.411 e. The maximum absolute atomic E-state index is 13.4. The summed E-state index contributed by atoms with van der Waals surface area (Å²) in [4.78, 5) is 81.8. The van der Waals surface area contributed by atoms with Crippen LogP contribution in [0.3, 0.4) is 0 Å². The van der Waals surface area contributed by atoms with E-state index in [1.807, 2.05) is 32.9 Å². The molecular formula is C45H55N9O9. The third-order valence-corrected chi connectivity index (χ3v) is 12.1. The van der Waals surface area contributed by atoms with E-state index in [-0.39, 0.29) is 84.8 Å². The normalized spacial score (nSPS) is 19.2. The van der Waals surface area contributed by atoms with Crippen LogP contribution in [0, 0.1) is 5.92 Å². The van der Waals surface area contributed by atoms with Gasteiger partial charge in [0.1, 0.15) is 17.5 Å². The zero-order valence-electron chi connectivity index (χ0n) is 36.1. The van der Waals surface area contributed by atoms with Crippen molar-refractivity contribution in [2.75, 3.05) is 51.7 Å². The van der Waals surface area contributed by atoms with E-state index in [0.717, 1.165) is 18.7 Å².